The van der Waals surface area contributed by atoms with Crippen molar-refractivity contribution >= 4 is 5.91 Å². The number of carbonyl (C=O) groups is 1. The number of hydrogen-bond acceptors (Lipinski definition) is 6. The van der Waals surface area contributed by atoms with Gasteiger partial charge in [-0.25, -0.2) is 0 Å². The van der Waals surface area contributed by atoms with Crippen molar-refractivity contribution in [1.82, 2.24) is 30.4 Å². The molecular formula is C16H18N6O2. The highest BCUT2D eigenvalue weighted by Gasteiger charge is 2.61. The molecular weight excluding hydrogens is 308 g/mol. The van der Waals surface area contributed by atoms with Gasteiger partial charge in [0.2, 0.25) is 11.7 Å². The van der Waals surface area contributed by atoms with Crippen LogP contribution in [0.5, 0.6) is 0 Å². The third-order valence-electron chi connectivity index (χ3n) is 5.45. The van der Waals surface area contributed by atoms with Crippen molar-refractivity contribution in [1.29, 1.82) is 0 Å². The predicted molar refractivity (Wildman–Crippen MR) is 83.4 cm³/mol. The zero-order valence-corrected chi connectivity index (χ0v) is 13.2. The SMILES string of the molecule is O=C1C[C@H]2N(Cc3ccc(-c4nn[nH]n4)cc3)CC[C@]23OCCN13. The fraction of sp³-hybridized carbons (Fsp3) is 0.500. The monoisotopic (exact) mass is 326 g/mol. The predicted octanol–water partition coefficient (Wildman–Crippen LogP) is 0.400. The van der Waals surface area contributed by atoms with E-state index in [4.69, 9.17) is 4.74 Å². The first-order valence-corrected chi connectivity index (χ1v) is 8.27. The summed E-state index contributed by atoms with van der Waals surface area (Å²) in [6.07, 6.45) is 1.48. The van der Waals surface area contributed by atoms with Gasteiger partial charge in [0.05, 0.1) is 12.6 Å². The number of rotatable bonds is 3. The molecule has 8 nitrogen and oxygen atoms in total. The van der Waals surface area contributed by atoms with Crippen molar-refractivity contribution in [3.63, 3.8) is 0 Å². The Bertz CT molecular complexity index is 761. The minimum Gasteiger partial charge on any atom is -0.352 e. The maximum absolute atomic E-state index is 12.2. The number of nitrogens with zero attached hydrogens (tertiary/aromatic N) is 5. The number of nitrogens with one attached hydrogen (secondary N) is 1. The van der Waals surface area contributed by atoms with Gasteiger partial charge in [-0.15, -0.1) is 10.2 Å². The van der Waals surface area contributed by atoms with Crippen LogP contribution in [0.4, 0.5) is 0 Å². The summed E-state index contributed by atoms with van der Waals surface area (Å²) in [5.74, 6) is 0.827. The van der Waals surface area contributed by atoms with Crippen molar-refractivity contribution in [3.05, 3.63) is 29.8 Å². The Morgan fingerprint density at radius 3 is 2.96 bits per heavy atom. The highest BCUT2D eigenvalue weighted by atomic mass is 16.5. The zero-order valence-electron chi connectivity index (χ0n) is 13.2. The van der Waals surface area contributed by atoms with Crippen LogP contribution in [0.25, 0.3) is 11.4 Å². The van der Waals surface area contributed by atoms with E-state index < -0.39 is 0 Å². The minimum absolute atomic E-state index is 0.171. The van der Waals surface area contributed by atoms with E-state index in [1.165, 1.54) is 5.56 Å². The Morgan fingerprint density at radius 1 is 1.29 bits per heavy atom. The van der Waals surface area contributed by atoms with Crippen LogP contribution in [0.15, 0.2) is 24.3 Å². The number of aromatic amines is 1. The van der Waals surface area contributed by atoms with Gasteiger partial charge in [0.1, 0.15) is 0 Å². The van der Waals surface area contributed by atoms with Gasteiger partial charge in [0.15, 0.2) is 5.72 Å². The van der Waals surface area contributed by atoms with E-state index >= 15 is 0 Å². The molecule has 1 aromatic heterocycles. The van der Waals surface area contributed by atoms with Crippen LogP contribution >= 0.6 is 0 Å². The standard InChI is InChI=1S/C16H18N6O2/c23-14-9-13-16(22(14)7-8-24-16)5-6-21(13)10-11-1-3-12(4-2-11)15-17-19-20-18-15/h1-4,13H,5-10H2,(H,17,18,19,20)/t13-,16+/m1/s1. The number of amides is 1. The van der Waals surface area contributed by atoms with E-state index in [1.54, 1.807) is 0 Å². The lowest BCUT2D eigenvalue weighted by atomic mass is 10.1. The molecule has 24 heavy (non-hydrogen) atoms. The Balaban J connectivity index is 1.35. The summed E-state index contributed by atoms with van der Waals surface area (Å²) in [7, 11) is 0. The first-order valence-electron chi connectivity index (χ1n) is 8.27. The van der Waals surface area contributed by atoms with Crippen LogP contribution in [0.3, 0.4) is 0 Å². The lowest BCUT2D eigenvalue weighted by Crippen LogP contribution is -2.47. The highest BCUT2D eigenvalue weighted by molar-refractivity contribution is 5.81. The topological polar surface area (TPSA) is 87.2 Å². The molecule has 1 aromatic carbocycles. The van der Waals surface area contributed by atoms with Crippen LogP contribution < -0.4 is 0 Å². The van der Waals surface area contributed by atoms with Gasteiger partial charge in [-0.05, 0) is 10.8 Å². The summed E-state index contributed by atoms with van der Waals surface area (Å²) >= 11 is 0. The van der Waals surface area contributed by atoms with E-state index in [9.17, 15) is 4.79 Å². The maximum atomic E-state index is 12.2. The molecule has 3 aliphatic rings. The molecule has 1 amide bonds. The molecule has 1 N–H and O–H groups in total. The molecule has 2 aromatic rings. The zero-order chi connectivity index (χ0) is 16.1. The number of aromatic nitrogens is 4. The van der Waals surface area contributed by atoms with E-state index in [1.807, 2.05) is 17.0 Å². The summed E-state index contributed by atoms with van der Waals surface area (Å²) in [5, 5.41) is 14.0. The van der Waals surface area contributed by atoms with Gasteiger partial charge in [0, 0.05) is 38.0 Å². The van der Waals surface area contributed by atoms with Crippen molar-refractivity contribution in [2.45, 2.75) is 31.2 Å². The van der Waals surface area contributed by atoms with E-state index in [2.05, 4.69) is 37.7 Å². The molecule has 1 spiro atoms. The van der Waals surface area contributed by atoms with Crippen LogP contribution in [0.2, 0.25) is 0 Å². The van der Waals surface area contributed by atoms with Crippen molar-refractivity contribution in [2.75, 3.05) is 19.7 Å². The average molecular weight is 326 g/mol. The fourth-order valence-corrected chi connectivity index (χ4v) is 4.34. The van der Waals surface area contributed by atoms with Gasteiger partial charge in [-0.1, -0.05) is 24.3 Å². The first-order chi connectivity index (χ1) is 11.8. The second-order valence-electron chi connectivity index (χ2n) is 6.61. The van der Waals surface area contributed by atoms with Crippen LogP contribution in [0.1, 0.15) is 18.4 Å². The molecule has 124 valence electrons. The molecule has 0 saturated carbocycles. The van der Waals surface area contributed by atoms with E-state index in [0.29, 0.717) is 18.9 Å². The first kappa shape index (κ1) is 14.1. The number of benzene rings is 1. The third-order valence-corrected chi connectivity index (χ3v) is 5.45. The Kier molecular flexibility index (Phi) is 2.98. The molecule has 2 atom stereocenters. The molecule has 3 aliphatic heterocycles. The molecule has 0 aliphatic carbocycles. The highest BCUT2D eigenvalue weighted by Crippen LogP contribution is 2.45. The summed E-state index contributed by atoms with van der Waals surface area (Å²) in [4.78, 5) is 16.6. The largest absolute Gasteiger partial charge is 0.352 e. The number of carbonyl (C=O) groups excluding carboxylic acids is 1. The Hall–Kier alpha value is -2.32. The van der Waals surface area contributed by atoms with Gasteiger partial charge in [-0.2, -0.15) is 5.21 Å². The molecule has 0 bridgehead atoms. The van der Waals surface area contributed by atoms with Crippen LogP contribution in [0, 0.1) is 0 Å². The molecule has 0 radical (unpaired) electrons. The van der Waals surface area contributed by atoms with Crippen LogP contribution in [-0.2, 0) is 16.1 Å². The molecule has 8 heteroatoms. The fourth-order valence-electron chi connectivity index (χ4n) is 4.34. The van der Waals surface area contributed by atoms with Crippen LogP contribution in [-0.4, -0.2) is 67.8 Å². The number of H-pyrrole nitrogens is 1. The van der Waals surface area contributed by atoms with Gasteiger partial charge >= 0.3 is 0 Å². The van der Waals surface area contributed by atoms with Gasteiger partial charge in [-0.3, -0.25) is 9.69 Å². The third kappa shape index (κ3) is 1.93. The van der Waals surface area contributed by atoms with Crippen molar-refractivity contribution in [2.24, 2.45) is 0 Å². The second kappa shape index (κ2) is 5.09. The van der Waals surface area contributed by atoms with E-state index in [0.717, 1.165) is 31.6 Å². The summed E-state index contributed by atoms with van der Waals surface area (Å²) < 4.78 is 6.03. The number of tetrazole rings is 1. The van der Waals surface area contributed by atoms with Gasteiger partial charge < -0.3 is 9.64 Å². The van der Waals surface area contributed by atoms with Crippen molar-refractivity contribution < 1.29 is 9.53 Å². The summed E-state index contributed by atoms with van der Waals surface area (Å²) in [6.45, 7) is 3.18. The minimum atomic E-state index is -0.359. The quantitative estimate of drug-likeness (QED) is 0.878. The average Bonchev–Trinajstić information content (AvgIpc) is 3.34. The molecule has 3 saturated heterocycles. The molecule has 0 unspecified atom stereocenters. The van der Waals surface area contributed by atoms with Crippen molar-refractivity contribution in [3.8, 4) is 11.4 Å². The molecule has 4 heterocycles. The number of ether oxygens (including phenoxy) is 1. The normalized spacial score (nSPS) is 29.2. The number of likely N-dealkylation sites (tertiary alicyclic amines) is 1. The smallest absolute Gasteiger partial charge is 0.226 e. The van der Waals surface area contributed by atoms with Gasteiger partial charge in [0.25, 0.3) is 0 Å². The number of hydrogen-bond donors (Lipinski definition) is 1. The summed E-state index contributed by atoms with van der Waals surface area (Å²) in [5.41, 5.74) is 1.79. The maximum Gasteiger partial charge on any atom is 0.226 e. The Labute approximate surface area is 138 Å². The Morgan fingerprint density at radius 2 is 2.17 bits per heavy atom. The second-order valence-corrected chi connectivity index (χ2v) is 6.61. The molecule has 5 rings (SSSR count). The lowest BCUT2D eigenvalue weighted by molar-refractivity contribution is -0.136. The van der Waals surface area contributed by atoms with E-state index in [-0.39, 0.29) is 17.7 Å². The molecule has 3 fully saturated rings. The lowest BCUT2D eigenvalue weighted by Gasteiger charge is -2.31. The summed E-state index contributed by atoms with van der Waals surface area (Å²) in [6, 6.07) is 8.35.